The highest BCUT2D eigenvalue weighted by Crippen LogP contribution is 1.95. The van der Waals surface area contributed by atoms with E-state index in [9.17, 15) is 0 Å². The lowest BCUT2D eigenvalue weighted by Crippen LogP contribution is -1.89. The molecule has 0 saturated carbocycles. The molecule has 0 radical (unpaired) electrons. The zero-order valence-electron chi connectivity index (χ0n) is 4.92. The average molecular weight is 142 g/mol. The molecular formula is C5H6N2OS. The van der Waals surface area contributed by atoms with Crippen LogP contribution in [0.1, 0.15) is 0 Å². The Kier molecular flexibility index (Phi) is 1.79. The molecule has 0 spiro atoms. The lowest BCUT2D eigenvalue weighted by molar-refractivity contribution is 0.379. The van der Waals surface area contributed by atoms with Gasteiger partial charge in [-0.3, -0.25) is 0 Å². The fourth-order valence-corrected chi connectivity index (χ4v) is 0.604. The summed E-state index contributed by atoms with van der Waals surface area (Å²) in [6, 6.07) is 2.14. The highest BCUT2D eigenvalue weighted by atomic mass is 32.1. The predicted octanol–water partition coefficient (Wildman–Crippen LogP) is 1.15. The first-order valence-corrected chi connectivity index (χ1v) is 2.83. The van der Waals surface area contributed by atoms with E-state index in [1.165, 1.54) is 7.11 Å². The van der Waals surface area contributed by atoms with Crippen LogP contribution in [-0.4, -0.2) is 17.1 Å². The number of H-pyrrole nitrogens is 1. The molecule has 0 fully saturated rings. The molecule has 0 unspecified atom stereocenters. The lowest BCUT2D eigenvalue weighted by Gasteiger charge is -1.93. The van der Waals surface area contributed by atoms with Gasteiger partial charge in [0.15, 0.2) is 0 Å². The molecule has 9 heavy (non-hydrogen) atoms. The summed E-state index contributed by atoms with van der Waals surface area (Å²) in [5.74, 6) is 0. The Morgan fingerprint density at radius 1 is 1.78 bits per heavy atom. The second-order valence-electron chi connectivity index (χ2n) is 1.44. The van der Waals surface area contributed by atoms with E-state index in [1.54, 1.807) is 12.3 Å². The molecule has 1 rings (SSSR count). The van der Waals surface area contributed by atoms with Gasteiger partial charge in [-0.15, -0.1) is 0 Å². The fraction of sp³-hybridized carbons (Fsp3) is 0.200. The Morgan fingerprint density at radius 3 is 3.00 bits per heavy atom. The predicted molar refractivity (Wildman–Crippen MR) is 36.0 cm³/mol. The van der Waals surface area contributed by atoms with Crippen LogP contribution in [0.15, 0.2) is 12.3 Å². The van der Waals surface area contributed by atoms with E-state index >= 15 is 0 Å². The molecule has 0 aromatic carbocycles. The van der Waals surface area contributed by atoms with Crippen LogP contribution >= 0.6 is 12.2 Å². The van der Waals surface area contributed by atoms with Gasteiger partial charge in [-0.05, 0) is 6.07 Å². The number of hydrogen-bond acceptors (Lipinski definition) is 3. The molecule has 3 nitrogen and oxygen atoms in total. The minimum absolute atomic E-state index is 0.447. The zero-order valence-corrected chi connectivity index (χ0v) is 5.73. The molecule has 0 aliphatic carbocycles. The van der Waals surface area contributed by atoms with Crippen LogP contribution in [0.3, 0.4) is 0 Å². The summed E-state index contributed by atoms with van der Waals surface area (Å²) in [5, 5.41) is 0. The molecule has 0 aliphatic heterocycles. The molecule has 1 aromatic heterocycles. The number of methoxy groups -OCH3 is 1. The van der Waals surface area contributed by atoms with Crippen LogP contribution in [0.25, 0.3) is 0 Å². The standard InChI is InChI=1S/C5H6N2OS/c1-8-5-6-3-2-4(9)7-5/h2-3H,1H3,(H,6,7,9). The van der Waals surface area contributed by atoms with Crippen LogP contribution in [0.2, 0.25) is 0 Å². The molecule has 4 heteroatoms. The Morgan fingerprint density at radius 2 is 2.56 bits per heavy atom. The maximum absolute atomic E-state index is 4.79. The number of nitrogens with one attached hydrogen (secondary N) is 1. The average Bonchev–Trinajstić information content (AvgIpc) is 1.88. The summed E-state index contributed by atoms with van der Waals surface area (Å²) in [5.41, 5.74) is 0. The number of hydrogen-bond donors (Lipinski definition) is 1. The fourth-order valence-electron chi connectivity index (χ4n) is 0.456. The Bertz CT molecular complexity index is 245. The van der Waals surface area contributed by atoms with Crippen molar-refractivity contribution >= 4 is 12.2 Å². The minimum Gasteiger partial charge on any atom is -0.468 e. The van der Waals surface area contributed by atoms with Crippen LogP contribution in [0.4, 0.5) is 0 Å². The van der Waals surface area contributed by atoms with Crippen molar-refractivity contribution in [3.05, 3.63) is 16.9 Å². The number of nitrogens with zero attached hydrogens (tertiary/aromatic N) is 1. The van der Waals surface area contributed by atoms with Crippen LogP contribution < -0.4 is 4.74 Å². The van der Waals surface area contributed by atoms with Crippen molar-refractivity contribution in [1.29, 1.82) is 0 Å². The van der Waals surface area contributed by atoms with Gasteiger partial charge in [-0.1, -0.05) is 12.2 Å². The Balaban J connectivity index is 3.08. The van der Waals surface area contributed by atoms with Crippen LogP contribution in [0, 0.1) is 4.64 Å². The van der Waals surface area contributed by atoms with Crippen molar-refractivity contribution in [2.24, 2.45) is 0 Å². The van der Waals surface area contributed by atoms with Gasteiger partial charge in [0.25, 0.3) is 6.01 Å². The maximum atomic E-state index is 4.79. The normalized spacial score (nSPS) is 9.00. The molecule has 0 aliphatic rings. The highest BCUT2D eigenvalue weighted by Gasteiger charge is 1.85. The molecule has 1 heterocycles. The topological polar surface area (TPSA) is 37.9 Å². The van der Waals surface area contributed by atoms with Gasteiger partial charge >= 0.3 is 0 Å². The molecular weight excluding hydrogens is 136 g/mol. The van der Waals surface area contributed by atoms with E-state index in [-0.39, 0.29) is 0 Å². The molecule has 0 amide bonds. The zero-order chi connectivity index (χ0) is 6.69. The second kappa shape index (κ2) is 2.59. The van der Waals surface area contributed by atoms with Gasteiger partial charge in [0.2, 0.25) is 0 Å². The van der Waals surface area contributed by atoms with Crippen molar-refractivity contribution in [2.75, 3.05) is 7.11 Å². The second-order valence-corrected chi connectivity index (χ2v) is 1.88. The third-order valence-corrected chi connectivity index (χ3v) is 1.08. The molecule has 0 saturated heterocycles. The van der Waals surface area contributed by atoms with Gasteiger partial charge in [0, 0.05) is 6.20 Å². The smallest absolute Gasteiger partial charge is 0.294 e. The van der Waals surface area contributed by atoms with Gasteiger partial charge in [0.05, 0.1) is 7.11 Å². The van der Waals surface area contributed by atoms with Gasteiger partial charge in [0.1, 0.15) is 4.64 Å². The van der Waals surface area contributed by atoms with Crippen molar-refractivity contribution in [3.63, 3.8) is 0 Å². The number of aromatic nitrogens is 2. The molecule has 48 valence electrons. The summed E-state index contributed by atoms with van der Waals surface area (Å²) >= 11 is 4.79. The van der Waals surface area contributed by atoms with E-state index in [2.05, 4.69) is 9.97 Å². The quantitative estimate of drug-likeness (QED) is 0.598. The summed E-state index contributed by atoms with van der Waals surface area (Å²) in [7, 11) is 1.54. The first-order valence-electron chi connectivity index (χ1n) is 2.42. The summed E-state index contributed by atoms with van der Waals surface area (Å²) in [4.78, 5) is 6.55. The summed E-state index contributed by atoms with van der Waals surface area (Å²) in [6.45, 7) is 0. The van der Waals surface area contributed by atoms with Crippen molar-refractivity contribution in [1.82, 2.24) is 9.97 Å². The summed E-state index contributed by atoms with van der Waals surface area (Å²) in [6.07, 6.45) is 1.59. The van der Waals surface area contributed by atoms with Gasteiger partial charge in [-0.2, -0.15) is 0 Å². The number of ether oxygens (including phenoxy) is 1. The van der Waals surface area contributed by atoms with E-state index < -0.39 is 0 Å². The third-order valence-electron chi connectivity index (χ3n) is 0.841. The highest BCUT2D eigenvalue weighted by molar-refractivity contribution is 7.71. The number of aromatic amines is 1. The Labute approximate surface area is 57.7 Å². The van der Waals surface area contributed by atoms with Crippen molar-refractivity contribution in [2.45, 2.75) is 0 Å². The molecule has 1 aromatic rings. The third kappa shape index (κ3) is 1.50. The summed E-state index contributed by atoms with van der Waals surface area (Å²) < 4.78 is 5.39. The SMILES string of the molecule is COc1nccc(=S)[nH]1. The molecule has 0 atom stereocenters. The Hall–Kier alpha value is -0.900. The largest absolute Gasteiger partial charge is 0.468 e. The molecule has 0 bridgehead atoms. The maximum Gasteiger partial charge on any atom is 0.294 e. The minimum atomic E-state index is 0.447. The van der Waals surface area contributed by atoms with E-state index in [0.717, 1.165) is 0 Å². The van der Waals surface area contributed by atoms with E-state index in [1.807, 2.05) is 0 Å². The van der Waals surface area contributed by atoms with Crippen LogP contribution in [-0.2, 0) is 0 Å². The van der Waals surface area contributed by atoms with Crippen LogP contribution in [0.5, 0.6) is 6.01 Å². The number of rotatable bonds is 1. The first kappa shape index (κ1) is 6.22. The van der Waals surface area contributed by atoms with E-state index in [0.29, 0.717) is 10.7 Å². The van der Waals surface area contributed by atoms with Gasteiger partial charge in [-0.25, -0.2) is 4.98 Å². The van der Waals surface area contributed by atoms with Gasteiger partial charge < -0.3 is 9.72 Å². The van der Waals surface area contributed by atoms with Crippen molar-refractivity contribution in [3.8, 4) is 6.01 Å². The first-order chi connectivity index (χ1) is 4.33. The monoisotopic (exact) mass is 142 g/mol. The molecule has 1 N–H and O–H groups in total. The van der Waals surface area contributed by atoms with Crippen molar-refractivity contribution < 1.29 is 4.74 Å². The lowest BCUT2D eigenvalue weighted by atomic mass is 10.7. The van der Waals surface area contributed by atoms with E-state index in [4.69, 9.17) is 17.0 Å².